The number of nitrogens with one attached hydrogen (secondary N) is 3. The highest BCUT2D eigenvalue weighted by Crippen LogP contribution is 2.14. The lowest BCUT2D eigenvalue weighted by Gasteiger charge is -2.16. The minimum atomic E-state index is -0.0366. The standard InChI is InChI=1S/C16H25BrN4O.HI/c1-4-12(3)20-16(18-5-2)19-11-10-15(22)21-14-8-6-13(17)7-9-14;/h6-9,12H,4-5,10-11H2,1-3H3,(H,21,22)(H2,18,19,20);1H. The van der Waals surface area contributed by atoms with Gasteiger partial charge in [-0.25, -0.2) is 0 Å². The number of benzene rings is 1. The van der Waals surface area contributed by atoms with Gasteiger partial charge in [-0.2, -0.15) is 0 Å². The van der Waals surface area contributed by atoms with E-state index in [0.717, 1.165) is 29.1 Å². The van der Waals surface area contributed by atoms with Crippen LogP contribution in [0.4, 0.5) is 5.69 Å². The Labute approximate surface area is 164 Å². The Morgan fingerprint density at radius 2 is 1.91 bits per heavy atom. The fourth-order valence-corrected chi connectivity index (χ4v) is 1.95. The molecule has 0 aliphatic rings. The third kappa shape index (κ3) is 9.80. The first-order valence-corrected chi connectivity index (χ1v) is 8.44. The Kier molecular flexibility index (Phi) is 12.1. The normalized spacial score (nSPS) is 12.1. The lowest BCUT2D eigenvalue weighted by atomic mass is 10.3. The topological polar surface area (TPSA) is 65.5 Å². The molecule has 0 saturated carbocycles. The average Bonchev–Trinajstić information content (AvgIpc) is 2.49. The van der Waals surface area contributed by atoms with Crippen molar-refractivity contribution >= 4 is 57.5 Å². The van der Waals surface area contributed by atoms with Crippen molar-refractivity contribution in [2.45, 2.75) is 39.7 Å². The summed E-state index contributed by atoms with van der Waals surface area (Å²) < 4.78 is 0.987. The molecule has 7 heteroatoms. The molecule has 1 atom stereocenters. The molecule has 0 aromatic heterocycles. The van der Waals surface area contributed by atoms with Gasteiger partial charge in [0.05, 0.1) is 6.54 Å². The molecule has 0 bridgehead atoms. The molecule has 0 saturated heterocycles. The van der Waals surface area contributed by atoms with Gasteiger partial charge in [-0.1, -0.05) is 22.9 Å². The zero-order chi connectivity index (χ0) is 16.4. The Morgan fingerprint density at radius 3 is 2.48 bits per heavy atom. The van der Waals surface area contributed by atoms with Gasteiger partial charge in [0, 0.05) is 29.2 Å². The van der Waals surface area contributed by atoms with Crippen molar-refractivity contribution in [1.29, 1.82) is 0 Å². The predicted molar refractivity (Wildman–Crippen MR) is 112 cm³/mol. The molecule has 0 aliphatic heterocycles. The van der Waals surface area contributed by atoms with Gasteiger partial charge in [0.25, 0.3) is 0 Å². The summed E-state index contributed by atoms with van der Waals surface area (Å²) in [6.07, 6.45) is 1.38. The molecule has 23 heavy (non-hydrogen) atoms. The number of amides is 1. The predicted octanol–water partition coefficient (Wildman–Crippen LogP) is 3.75. The summed E-state index contributed by atoms with van der Waals surface area (Å²) in [7, 11) is 0. The zero-order valence-corrected chi connectivity index (χ0v) is 17.8. The van der Waals surface area contributed by atoms with Gasteiger partial charge in [-0.3, -0.25) is 9.79 Å². The Hall–Kier alpha value is -0.830. The summed E-state index contributed by atoms with van der Waals surface area (Å²) in [6, 6.07) is 7.87. The molecule has 0 heterocycles. The van der Waals surface area contributed by atoms with Crippen molar-refractivity contribution in [2.24, 2.45) is 4.99 Å². The van der Waals surface area contributed by atoms with E-state index in [4.69, 9.17) is 0 Å². The summed E-state index contributed by atoms with van der Waals surface area (Å²) in [5.74, 6) is 0.721. The highest BCUT2D eigenvalue weighted by atomic mass is 127. The number of hydrogen-bond acceptors (Lipinski definition) is 2. The molecule has 1 amide bonds. The van der Waals surface area contributed by atoms with Crippen molar-refractivity contribution in [3.05, 3.63) is 28.7 Å². The summed E-state index contributed by atoms with van der Waals surface area (Å²) >= 11 is 3.37. The summed E-state index contributed by atoms with van der Waals surface area (Å²) in [5, 5.41) is 9.34. The van der Waals surface area contributed by atoms with Gasteiger partial charge in [0.2, 0.25) is 5.91 Å². The van der Waals surface area contributed by atoms with Gasteiger partial charge in [-0.05, 0) is 44.5 Å². The van der Waals surface area contributed by atoms with Crippen LogP contribution in [0.15, 0.2) is 33.7 Å². The summed E-state index contributed by atoms with van der Waals surface area (Å²) in [5.41, 5.74) is 0.793. The molecule has 1 rings (SSSR count). The van der Waals surface area contributed by atoms with Crippen molar-refractivity contribution in [3.63, 3.8) is 0 Å². The van der Waals surface area contributed by atoms with E-state index in [0.29, 0.717) is 19.0 Å². The molecule has 5 nitrogen and oxygen atoms in total. The number of anilines is 1. The van der Waals surface area contributed by atoms with E-state index in [1.807, 2.05) is 31.2 Å². The lowest BCUT2D eigenvalue weighted by molar-refractivity contribution is -0.116. The van der Waals surface area contributed by atoms with Crippen molar-refractivity contribution in [3.8, 4) is 0 Å². The highest BCUT2D eigenvalue weighted by Gasteiger charge is 2.04. The second-order valence-corrected chi connectivity index (χ2v) is 5.94. The number of aliphatic imine (C=N–C) groups is 1. The molecular formula is C16H26BrIN4O. The third-order valence-electron chi connectivity index (χ3n) is 3.08. The van der Waals surface area contributed by atoms with E-state index in [-0.39, 0.29) is 29.9 Å². The van der Waals surface area contributed by atoms with Crippen LogP contribution < -0.4 is 16.0 Å². The molecule has 1 unspecified atom stereocenters. The second-order valence-electron chi connectivity index (χ2n) is 5.02. The van der Waals surface area contributed by atoms with Crippen molar-refractivity contribution in [2.75, 3.05) is 18.4 Å². The SMILES string of the molecule is CCNC(=NCCC(=O)Nc1ccc(Br)cc1)NC(C)CC.I. The number of carbonyl (C=O) groups is 1. The van der Waals surface area contributed by atoms with Crippen LogP contribution in [0.25, 0.3) is 0 Å². The smallest absolute Gasteiger partial charge is 0.226 e. The highest BCUT2D eigenvalue weighted by molar-refractivity contribution is 14.0. The molecule has 0 radical (unpaired) electrons. The first-order chi connectivity index (χ1) is 10.5. The maximum absolute atomic E-state index is 11.9. The first kappa shape index (κ1) is 22.2. The molecule has 0 fully saturated rings. The third-order valence-corrected chi connectivity index (χ3v) is 3.61. The van der Waals surface area contributed by atoms with Crippen LogP contribution in [-0.2, 0) is 4.79 Å². The summed E-state index contributed by atoms with van der Waals surface area (Å²) in [6.45, 7) is 7.50. The number of carbonyl (C=O) groups excluding carboxylic acids is 1. The second kappa shape index (κ2) is 12.6. The minimum absolute atomic E-state index is 0. The Bertz CT molecular complexity index is 493. The monoisotopic (exact) mass is 496 g/mol. The minimum Gasteiger partial charge on any atom is -0.357 e. The van der Waals surface area contributed by atoms with Crippen molar-refractivity contribution < 1.29 is 4.79 Å². The van der Waals surface area contributed by atoms with Crippen LogP contribution in [0, 0.1) is 0 Å². The number of hydrogen-bond donors (Lipinski definition) is 3. The van der Waals surface area contributed by atoms with E-state index >= 15 is 0 Å². The average molecular weight is 497 g/mol. The molecule has 130 valence electrons. The van der Waals surface area contributed by atoms with Crippen LogP contribution in [0.1, 0.15) is 33.6 Å². The zero-order valence-electron chi connectivity index (χ0n) is 13.9. The molecule has 0 spiro atoms. The molecule has 0 aliphatic carbocycles. The van der Waals surface area contributed by atoms with Crippen molar-refractivity contribution in [1.82, 2.24) is 10.6 Å². The number of guanidine groups is 1. The van der Waals surface area contributed by atoms with Gasteiger partial charge in [0.15, 0.2) is 5.96 Å². The fraction of sp³-hybridized carbons (Fsp3) is 0.500. The Balaban J connectivity index is 0.00000484. The molecule has 3 N–H and O–H groups in total. The maximum atomic E-state index is 11.9. The molecule has 1 aromatic rings. The lowest BCUT2D eigenvalue weighted by Crippen LogP contribution is -2.42. The van der Waals surface area contributed by atoms with Gasteiger partial charge >= 0.3 is 0 Å². The van der Waals surface area contributed by atoms with E-state index in [1.165, 1.54) is 0 Å². The van der Waals surface area contributed by atoms with Crippen LogP contribution in [0.5, 0.6) is 0 Å². The van der Waals surface area contributed by atoms with Crippen LogP contribution in [0.2, 0.25) is 0 Å². The number of rotatable bonds is 7. The van der Waals surface area contributed by atoms with Crippen LogP contribution in [-0.4, -0.2) is 31.0 Å². The van der Waals surface area contributed by atoms with Gasteiger partial charge in [-0.15, -0.1) is 24.0 Å². The quantitative estimate of drug-likeness (QED) is 0.306. The van der Waals surface area contributed by atoms with E-state index in [1.54, 1.807) is 0 Å². The number of nitrogens with zero attached hydrogens (tertiary/aromatic N) is 1. The first-order valence-electron chi connectivity index (χ1n) is 7.65. The van der Waals surface area contributed by atoms with Crippen LogP contribution in [0.3, 0.4) is 0 Å². The van der Waals surface area contributed by atoms with E-state index in [2.05, 4.69) is 50.7 Å². The van der Waals surface area contributed by atoms with E-state index < -0.39 is 0 Å². The molecular weight excluding hydrogens is 471 g/mol. The number of halogens is 2. The van der Waals surface area contributed by atoms with Gasteiger partial charge < -0.3 is 16.0 Å². The Morgan fingerprint density at radius 1 is 1.26 bits per heavy atom. The summed E-state index contributed by atoms with van der Waals surface area (Å²) in [4.78, 5) is 16.3. The van der Waals surface area contributed by atoms with E-state index in [9.17, 15) is 4.79 Å². The maximum Gasteiger partial charge on any atom is 0.226 e. The molecule has 1 aromatic carbocycles. The fourth-order valence-electron chi connectivity index (χ4n) is 1.68. The van der Waals surface area contributed by atoms with Gasteiger partial charge in [0.1, 0.15) is 0 Å². The van der Waals surface area contributed by atoms with Crippen LogP contribution >= 0.6 is 39.9 Å². The largest absolute Gasteiger partial charge is 0.357 e.